The van der Waals surface area contributed by atoms with E-state index < -0.39 is 0 Å². The number of hydrogen-bond donors (Lipinski definition) is 0. The van der Waals surface area contributed by atoms with Gasteiger partial charge in [-0.25, -0.2) is 4.39 Å². The molecule has 0 nitrogen and oxygen atoms in total. The maximum atomic E-state index is 12.8. The molecule has 0 N–H and O–H groups in total. The summed E-state index contributed by atoms with van der Waals surface area (Å²) in [5.74, 6) is -0.342. The summed E-state index contributed by atoms with van der Waals surface area (Å²) >= 11 is 5.50. The second kappa shape index (κ2) is 3.72. The lowest BCUT2D eigenvalue weighted by molar-refractivity contribution is 0.626. The Kier molecular flexibility index (Phi) is 2.89. The van der Waals surface area contributed by atoms with E-state index in [0.717, 1.165) is 12.0 Å². The Balaban J connectivity index is 2.86. The highest BCUT2D eigenvalue weighted by molar-refractivity contribution is 6.30. The van der Waals surface area contributed by atoms with Crippen LogP contribution in [-0.4, -0.2) is 0 Å². The van der Waals surface area contributed by atoms with Gasteiger partial charge in [-0.1, -0.05) is 24.6 Å². The van der Waals surface area contributed by atoms with E-state index in [9.17, 15) is 4.39 Å². The van der Waals surface area contributed by atoms with Gasteiger partial charge in [0.1, 0.15) is 5.82 Å². The van der Waals surface area contributed by atoms with Crippen LogP contribution in [0.25, 0.3) is 0 Å². The summed E-state index contributed by atoms with van der Waals surface area (Å²) in [4.78, 5) is 0. The molecule has 0 aromatic heterocycles. The number of halogens is 2. The molecule has 0 aliphatic rings. The number of hydrogen-bond acceptors (Lipinski definition) is 0. The van der Waals surface area contributed by atoms with Crippen LogP contribution < -0.4 is 0 Å². The van der Waals surface area contributed by atoms with Gasteiger partial charge in [0.05, 0.1) is 5.02 Å². The molecule has 0 aliphatic carbocycles. The predicted octanol–water partition coefficient (Wildman–Crippen LogP) is 3.25. The molecule has 0 amide bonds. The van der Waals surface area contributed by atoms with Crippen LogP contribution in [0.15, 0.2) is 18.2 Å². The summed E-state index contributed by atoms with van der Waals surface area (Å²) in [7, 11) is 0. The van der Waals surface area contributed by atoms with Gasteiger partial charge in [0.25, 0.3) is 0 Å². The van der Waals surface area contributed by atoms with Crippen molar-refractivity contribution in [2.45, 2.75) is 13.3 Å². The van der Waals surface area contributed by atoms with Gasteiger partial charge in [-0.2, -0.15) is 0 Å². The van der Waals surface area contributed by atoms with Gasteiger partial charge in [-0.15, -0.1) is 0 Å². The number of benzene rings is 1. The zero-order chi connectivity index (χ0) is 8.27. The Hall–Kier alpha value is -0.560. The first-order valence-electron chi connectivity index (χ1n) is 3.46. The van der Waals surface area contributed by atoms with Gasteiger partial charge in [-0.05, 0) is 30.5 Å². The van der Waals surface area contributed by atoms with Crippen LogP contribution in [0.3, 0.4) is 0 Å². The van der Waals surface area contributed by atoms with E-state index in [4.69, 9.17) is 11.6 Å². The Morgan fingerprint density at radius 3 is 2.82 bits per heavy atom. The minimum Gasteiger partial charge on any atom is -0.205 e. The Morgan fingerprint density at radius 2 is 2.27 bits per heavy atom. The zero-order valence-corrected chi connectivity index (χ0v) is 7.03. The minimum atomic E-state index is -0.342. The van der Waals surface area contributed by atoms with Crippen LogP contribution in [0, 0.1) is 12.2 Å². The second-order valence-electron chi connectivity index (χ2n) is 2.36. The summed E-state index contributed by atoms with van der Waals surface area (Å²) in [6, 6.07) is 4.86. The van der Waals surface area contributed by atoms with Gasteiger partial charge in [0.2, 0.25) is 0 Å². The van der Waals surface area contributed by atoms with Crippen LogP contribution >= 0.6 is 11.6 Å². The monoisotopic (exact) mass is 171 g/mol. The Labute approximate surface area is 71.0 Å². The highest BCUT2D eigenvalue weighted by Gasteiger charge is 1.99. The third-order valence-corrected chi connectivity index (χ3v) is 1.73. The quantitative estimate of drug-likeness (QED) is 0.641. The fraction of sp³-hybridized carbons (Fsp3) is 0.222. The average Bonchev–Trinajstić information content (AvgIpc) is 1.98. The predicted molar refractivity (Wildman–Crippen MR) is 45.1 cm³/mol. The zero-order valence-electron chi connectivity index (χ0n) is 6.27. The van der Waals surface area contributed by atoms with E-state index >= 15 is 0 Å². The normalized spacial score (nSPS) is 10.1. The molecule has 0 heterocycles. The van der Waals surface area contributed by atoms with E-state index in [2.05, 4.69) is 0 Å². The van der Waals surface area contributed by atoms with Crippen molar-refractivity contribution in [2.75, 3.05) is 0 Å². The van der Waals surface area contributed by atoms with Gasteiger partial charge in [0, 0.05) is 0 Å². The second-order valence-corrected chi connectivity index (χ2v) is 2.77. The molecule has 0 aliphatic heterocycles. The van der Waals surface area contributed by atoms with Crippen molar-refractivity contribution in [1.82, 2.24) is 0 Å². The summed E-state index contributed by atoms with van der Waals surface area (Å²) in [5.41, 5.74) is 0.953. The molecule has 0 fully saturated rings. The molecule has 0 atom stereocenters. The van der Waals surface area contributed by atoms with E-state index in [-0.39, 0.29) is 10.8 Å². The SMILES string of the molecule is C[CH]Cc1ccc(Cl)c(F)c1. The van der Waals surface area contributed by atoms with Gasteiger partial charge in [0.15, 0.2) is 0 Å². The maximum absolute atomic E-state index is 12.8. The lowest BCUT2D eigenvalue weighted by Crippen LogP contribution is -1.85. The van der Waals surface area contributed by atoms with Crippen molar-refractivity contribution < 1.29 is 4.39 Å². The highest BCUT2D eigenvalue weighted by atomic mass is 35.5. The Bertz CT molecular complexity index is 245. The van der Waals surface area contributed by atoms with Crippen LogP contribution in [0.2, 0.25) is 5.02 Å². The van der Waals surface area contributed by atoms with Crippen molar-refractivity contribution in [3.8, 4) is 0 Å². The molecular weight excluding hydrogens is 163 g/mol. The van der Waals surface area contributed by atoms with Gasteiger partial charge >= 0.3 is 0 Å². The van der Waals surface area contributed by atoms with Crippen LogP contribution in [-0.2, 0) is 6.42 Å². The molecule has 0 saturated carbocycles. The topological polar surface area (TPSA) is 0 Å². The van der Waals surface area contributed by atoms with Crippen LogP contribution in [0.4, 0.5) is 4.39 Å². The summed E-state index contributed by atoms with van der Waals surface area (Å²) in [5, 5.41) is 0.185. The Morgan fingerprint density at radius 1 is 1.55 bits per heavy atom. The third kappa shape index (κ3) is 2.19. The van der Waals surface area contributed by atoms with Crippen molar-refractivity contribution in [2.24, 2.45) is 0 Å². The summed E-state index contributed by atoms with van der Waals surface area (Å²) in [6.07, 6.45) is 2.76. The van der Waals surface area contributed by atoms with E-state index in [1.165, 1.54) is 6.07 Å². The van der Waals surface area contributed by atoms with Gasteiger partial charge < -0.3 is 0 Å². The molecule has 59 valence electrons. The molecule has 0 bridgehead atoms. The third-order valence-electron chi connectivity index (χ3n) is 1.42. The van der Waals surface area contributed by atoms with Crippen molar-refractivity contribution >= 4 is 11.6 Å². The summed E-state index contributed by atoms with van der Waals surface area (Å²) < 4.78 is 12.8. The highest BCUT2D eigenvalue weighted by Crippen LogP contribution is 2.15. The standard InChI is InChI=1S/C9H9ClF/c1-2-3-7-4-5-8(10)9(11)6-7/h2,4-6H,3H2,1H3. The van der Waals surface area contributed by atoms with Crippen LogP contribution in [0.1, 0.15) is 12.5 Å². The molecule has 2 heteroatoms. The van der Waals surface area contributed by atoms with Crippen molar-refractivity contribution in [3.05, 3.63) is 41.0 Å². The first-order valence-corrected chi connectivity index (χ1v) is 3.83. The smallest absolute Gasteiger partial charge is 0.142 e. The lowest BCUT2D eigenvalue weighted by atomic mass is 10.1. The van der Waals surface area contributed by atoms with E-state index in [1.807, 2.05) is 19.4 Å². The van der Waals surface area contributed by atoms with E-state index in [1.54, 1.807) is 6.07 Å². The first kappa shape index (κ1) is 8.54. The first-order chi connectivity index (χ1) is 5.24. The molecular formula is C9H9ClF. The van der Waals surface area contributed by atoms with Crippen molar-refractivity contribution in [1.29, 1.82) is 0 Å². The fourth-order valence-corrected chi connectivity index (χ4v) is 1.02. The molecule has 1 aromatic carbocycles. The summed E-state index contributed by atoms with van der Waals surface area (Å²) in [6.45, 7) is 1.94. The molecule has 0 saturated heterocycles. The number of rotatable bonds is 2. The van der Waals surface area contributed by atoms with E-state index in [0.29, 0.717) is 0 Å². The van der Waals surface area contributed by atoms with Gasteiger partial charge in [-0.3, -0.25) is 0 Å². The molecule has 0 unspecified atom stereocenters. The molecule has 1 rings (SSSR count). The van der Waals surface area contributed by atoms with Crippen molar-refractivity contribution in [3.63, 3.8) is 0 Å². The average molecular weight is 172 g/mol. The molecule has 1 aromatic rings. The lowest BCUT2D eigenvalue weighted by Gasteiger charge is -1.98. The molecule has 0 spiro atoms. The maximum Gasteiger partial charge on any atom is 0.142 e. The molecule has 1 radical (unpaired) electrons. The minimum absolute atomic E-state index is 0.185. The molecule has 11 heavy (non-hydrogen) atoms. The largest absolute Gasteiger partial charge is 0.205 e. The fourth-order valence-electron chi connectivity index (χ4n) is 0.902. The van der Waals surface area contributed by atoms with Crippen LogP contribution in [0.5, 0.6) is 0 Å².